The van der Waals surface area contributed by atoms with Crippen LogP contribution in [0.2, 0.25) is 0 Å². The van der Waals surface area contributed by atoms with E-state index in [4.69, 9.17) is 10.7 Å². The topological polar surface area (TPSA) is 64.8 Å². The molecule has 0 aliphatic carbocycles. The quantitative estimate of drug-likeness (QED) is 0.783. The van der Waals surface area contributed by atoms with E-state index in [2.05, 4.69) is 24.0 Å². The SMILES string of the molecule is CC(C)Cn1c(C(C)C(C)C)nnc1S(=O)(=O)Cl. The number of hydrogen-bond acceptors (Lipinski definition) is 4. The minimum Gasteiger partial charge on any atom is -0.300 e. The van der Waals surface area contributed by atoms with Crippen LogP contribution in [0.25, 0.3) is 0 Å². The lowest BCUT2D eigenvalue weighted by molar-refractivity contribution is 0.430. The van der Waals surface area contributed by atoms with Crippen molar-refractivity contribution in [2.45, 2.75) is 52.2 Å². The normalized spacial score (nSPS) is 14.4. The minimum atomic E-state index is -3.86. The standard InChI is InChI=1S/C11H20ClN3O2S/c1-7(2)6-15-10(9(5)8(3)4)13-14-11(15)18(12,16)17/h7-9H,6H2,1-5H3. The van der Waals surface area contributed by atoms with Crippen LogP contribution >= 0.6 is 10.7 Å². The molecule has 104 valence electrons. The highest BCUT2D eigenvalue weighted by atomic mass is 35.7. The van der Waals surface area contributed by atoms with Crippen molar-refractivity contribution in [3.8, 4) is 0 Å². The van der Waals surface area contributed by atoms with Gasteiger partial charge in [0.2, 0.25) is 0 Å². The van der Waals surface area contributed by atoms with Crippen LogP contribution in [-0.4, -0.2) is 23.2 Å². The molecule has 0 bridgehead atoms. The molecule has 1 aromatic heterocycles. The summed E-state index contributed by atoms with van der Waals surface area (Å²) in [6.07, 6.45) is 0. The zero-order chi connectivity index (χ0) is 14.1. The van der Waals surface area contributed by atoms with Crippen LogP contribution in [0.15, 0.2) is 5.16 Å². The van der Waals surface area contributed by atoms with Crippen molar-refractivity contribution >= 4 is 19.7 Å². The summed E-state index contributed by atoms with van der Waals surface area (Å²) in [5.41, 5.74) is 0. The minimum absolute atomic E-state index is 0.128. The zero-order valence-corrected chi connectivity index (χ0v) is 13.0. The third kappa shape index (κ3) is 3.45. The summed E-state index contributed by atoms with van der Waals surface area (Å²) in [6.45, 7) is 10.7. The Hall–Kier alpha value is -0.620. The smallest absolute Gasteiger partial charge is 0.296 e. The molecule has 0 aliphatic heterocycles. The number of nitrogens with zero attached hydrogens (tertiary/aromatic N) is 3. The molecule has 0 fully saturated rings. The van der Waals surface area contributed by atoms with Gasteiger partial charge in [-0.15, -0.1) is 10.2 Å². The second-order valence-electron chi connectivity index (χ2n) is 5.32. The third-order valence-corrected chi connectivity index (χ3v) is 4.07. The van der Waals surface area contributed by atoms with E-state index in [1.807, 2.05) is 20.8 Å². The second-order valence-corrected chi connectivity index (χ2v) is 7.78. The highest BCUT2D eigenvalue weighted by Crippen LogP contribution is 2.25. The molecule has 0 spiro atoms. The fraction of sp³-hybridized carbons (Fsp3) is 0.818. The molecule has 0 aromatic carbocycles. The fourth-order valence-electron chi connectivity index (χ4n) is 1.65. The first-order chi connectivity index (χ1) is 8.14. The first-order valence-corrected chi connectivity index (χ1v) is 8.33. The van der Waals surface area contributed by atoms with Gasteiger partial charge in [0, 0.05) is 23.1 Å². The van der Waals surface area contributed by atoms with Crippen LogP contribution in [0, 0.1) is 11.8 Å². The van der Waals surface area contributed by atoms with Crippen LogP contribution in [0.4, 0.5) is 0 Å². The van der Waals surface area contributed by atoms with E-state index in [9.17, 15) is 8.42 Å². The lowest BCUT2D eigenvalue weighted by Gasteiger charge is -2.18. The molecule has 0 radical (unpaired) electrons. The average Bonchev–Trinajstić information content (AvgIpc) is 2.58. The lowest BCUT2D eigenvalue weighted by atomic mass is 9.97. The largest absolute Gasteiger partial charge is 0.300 e. The van der Waals surface area contributed by atoms with E-state index in [-0.39, 0.29) is 17.0 Å². The molecule has 0 saturated heterocycles. The van der Waals surface area contributed by atoms with Gasteiger partial charge < -0.3 is 4.57 Å². The molecule has 0 N–H and O–H groups in total. The van der Waals surface area contributed by atoms with Crippen molar-refractivity contribution in [2.24, 2.45) is 11.8 Å². The van der Waals surface area contributed by atoms with E-state index in [0.29, 0.717) is 18.3 Å². The van der Waals surface area contributed by atoms with E-state index in [1.54, 1.807) is 4.57 Å². The monoisotopic (exact) mass is 293 g/mol. The number of rotatable bonds is 5. The van der Waals surface area contributed by atoms with Crippen molar-refractivity contribution in [1.82, 2.24) is 14.8 Å². The van der Waals surface area contributed by atoms with Gasteiger partial charge in [-0.05, 0) is 11.8 Å². The highest BCUT2D eigenvalue weighted by molar-refractivity contribution is 8.13. The molecule has 0 amide bonds. The summed E-state index contributed by atoms with van der Waals surface area (Å²) >= 11 is 0. The molecule has 0 aliphatic rings. The summed E-state index contributed by atoms with van der Waals surface area (Å²) in [6, 6.07) is 0. The highest BCUT2D eigenvalue weighted by Gasteiger charge is 2.26. The van der Waals surface area contributed by atoms with Gasteiger partial charge in [-0.2, -0.15) is 0 Å². The Morgan fingerprint density at radius 3 is 2.11 bits per heavy atom. The van der Waals surface area contributed by atoms with E-state index in [1.165, 1.54) is 0 Å². The predicted octanol–water partition coefficient (Wildman–Crippen LogP) is 2.62. The molecule has 1 aromatic rings. The van der Waals surface area contributed by atoms with Gasteiger partial charge in [0.25, 0.3) is 14.2 Å². The van der Waals surface area contributed by atoms with Crippen LogP contribution in [-0.2, 0) is 15.6 Å². The molecule has 1 atom stereocenters. The first kappa shape index (κ1) is 15.4. The van der Waals surface area contributed by atoms with Gasteiger partial charge >= 0.3 is 0 Å². The first-order valence-electron chi connectivity index (χ1n) is 6.02. The van der Waals surface area contributed by atoms with Gasteiger partial charge in [-0.25, -0.2) is 8.42 Å². The number of aromatic nitrogens is 3. The fourth-order valence-corrected chi connectivity index (χ4v) is 2.56. The molecule has 7 heteroatoms. The maximum absolute atomic E-state index is 11.5. The summed E-state index contributed by atoms with van der Waals surface area (Å²) in [4.78, 5) is 0. The van der Waals surface area contributed by atoms with Crippen LogP contribution in [0.3, 0.4) is 0 Å². The molecule has 1 rings (SSSR count). The molecular formula is C11H20ClN3O2S. The number of hydrogen-bond donors (Lipinski definition) is 0. The van der Waals surface area contributed by atoms with Gasteiger partial charge in [0.05, 0.1) is 0 Å². The van der Waals surface area contributed by atoms with Crippen molar-refractivity contribution in [3.63, 3.8) is 0 Å². The lowest BCUT2D eigenvalue weighted by Crippen LogP contribution is -2.17. The predicted molar refractivity (Wildman–Crippen MR) is 71.2 cm³/mol. The van der Waals surface area contributed by atoms with E-state index < -0.39 is 9.05 Å². The molecule has 1 unspecified atom stereocenters. The Morgan fingerprint density at radius 2 is 1.72 bits per heavy atom. The van der Waals surface area contributed by atoms with Gasteiger partial charge in [-0.3, -0.25) is 0 Å². The Labute approximate surface area is 113 Å². The van der Waals surface area contributed by atoms with Crippen molar-refractivity contribution in [2.75, 3.05) is 0 Å². The second kappa shape index (κ2) is 5.57. The molecule has 0 saturated carbocycles. The van der Waals surface area contributed by atoms with E-state index in [0.717, 1.165) is 0 Å². The van der Waals surface area contributed by atoms with Crippen LogP contribution in [0.5, 0.6) is 0 Å². The summed E-state index contributed by atoms with van der Waals surface area (Å²) in [5, 5.41) is 7.59. The maximum atomic E-state index is 11.5. The molecule has 1 heterocycles. The summed E-state index contributed by atoms with van der Waals surface area (Å²) < 4.78 is 24.6. The van der Waals surface area contributed by atoms with E-state index >= 15 is 0 Å². The Bertz CT molecular complexity index is 508. The third-order valence-electron chi connectivity index (χ3n) is 2.92. The summed E-state index contributed by atoms with van der Waals surface area (Å²) in [7, 11) is 1.54. The Balaban J connectivity index is 3.32. The molecular weight excluding hydrogens is 274 g/mol. The average molecular weight is 294 g/mol. The summed E-state index contributed by atoms with van der Waals surface area (Å²) in [5.74, 6) is 1.45. The zero-order valence-electron chi connectivity index (χ0n) is 11.4. The van der Waals surface area contributed by atoms with Crippen molar-refractivity contribution < 1.29 is 8.42 Å². The van der Waals surface area contributed by atoms with Crippen LogP contribution < -0.4 is 0 Å². The van der Waals surface area contributed by atoms with Gasteiger partial charge in [0.1, 0.15) is 5.82 Å². The van der Waals surface area contributed by atoms with Crippen molar-refractivity contribution in [3.05, 3.63) is 5.82 Å². The molecule has 18 heavy (non-hydrogen) atoms. The Morgan fingerprint density at radius 1 is 1.17 bits per heavy atom. The van der Waals surface area contributed by atoms with Crippen molar-refractivity contribution in [1.29, 1.82) is 0 Å². The molecule has 5 nitrogen and oxygen atoms in total. The van der Waals surface area contributed by atoms with Gasteiger partial charge in [0.15, 0.2) is 0 Å². The van der Waals surface area contributed by atoms with Gasteiger partial charge in [-0.1, -0.05) is 34.6 Å². The Kier molecular flexibility index (Phi) is 4.78. The number of halogens is 1. The van der Waals surface area contributed by atoms with Crippen LogP contribution in [0.1, 0.15) is 46.4 Å². The maximum Gasteiger partial charge on any atom is 0.296 e.